The minimum Gasteiger partial charge on any atom is -0.493 e. The van der Waals surface area contributed by atoms with Gasteiger partial charge < -0.3 is 10.1 Å². The lowest BCUT2D eigenvalue weighted by molar-refractivity contribution is 0.0949. The Morgan fingerprint density at radius 3 is 2.41 bits per heavy atom. The minimum absolute atomic E-state index is 0.00717. The smallest absolute Gasteiger partial charge is 0.252 e. The summed E-state index contributed by atoms with van der Waals surface area (Å²) in [7, 11) is 0. The van der Waals surface area contributed by atoms with Gasteiger partial charge in [-0.05, 0) is 74.1 Å². The summed E-state index contributed by atoms with van der Waals surface area (Å²) in [4.78, 5) is 13.4. The van der Waals surface area contributed by atoms with Gasteiger partial charge in [-0.3, -0.25) is 4.79 Å². The van der Waals surface area contributed by atoms with Gasteiger partial charge in [-0.15, -0.1) is 11.8 Å². The third-order valence-electron chi connectivity index (χ3n) is 5.71. The summed E-state index contributed by atoms with van der Waals surface area (Å²) in [5.41, 5.74) is 3.55. The van der Waals surface area contributed by atoms with E-state index in [1.165, 1.54) is 49.7 Å². The molecule has 0 atom stereocenters. The fourth-order valence-corrected chi connectivity index (χ4v) is 4.40. The van der Waals surface area contributed by atoms with Crippen LogP contribution in [0.4, 0.5) is 0 Å². The minimum atomic E-state index is 0.00717. The molecule has 3 nitrogen and oxygen atoms in total. The zero-order chi connectivity index (χ0) is 23.0. The molecule has 2 rings (SSSR count). The predicted octanol–water partition coefficient (Wildman–Crippen LogP) is 7.46. The number of rotatable bonds is 16. The molecule has 0 aliphatic heterocycles. The van der Waals surface area contributed by atoms with Crippen molar-refractivity contribution >= 4 is 17.7 Å². The average molecular weight is 456 g/mol. The maximum atomic E-state index is 12.4. The summed E-state index contributed by atoms with van der Waals surface area (Å²) in [6, 6.07) is 14.5. The van der Waals surface area contributed by atoms with Crippen molar-refractivity contribution in [1.82, 2.24) is 5.32 Å². The van der Waals surface area contributed by atoms with E-state index in [-0.39, 0.29) is 5.91 Å². The molecule has 32 heavy (non-hydrogen) atoms. The number of ether oxygens (including phenoxy) is 1. The van der Waals surface area contributed by atoms with Crippen molar-refractivity contribution in [1.29, 1.82) is 0 Å². The van der Waals surface area contributed by atoms with E-state index in [1.54, 1.807) is 11.8 Å². The highest BCUT2D eigenvalue weighted by Crippen LogP contribution is 2.24. The van der Waals surface area contributed by atoms with Crippen molar-refractivity contribution < 1.29 is 9.53 Å². The van der Waals surface area contributed by atoms with Gasteiger partial charge >= 0.3 is 0 Å². The molecule has 0 saturated heterocycles. The third kappa shape index (κ3) is 9.28. The number of hydrogen-bond acceptors (Lipinski definition) is 3. The van der Waals surface area contributed by atoms with Crippen molar-refractivity contribution in [2.75, 3.05) is 19.4 Å². The number of thioether (sulfide) groups is 1. The molecule has 0 heterocycles. The molecule has 2 aromatic rings. The molecule has 1 amide bonds. The molecule has 0 aliphatic rings. The first-order chi connectivity index (χ1) is 15.7. The molecule has 0 fully saturated rings. The van der Waals surface area contributed by atoms with Crippen LogP contribution in [-0.4, -0.2) is 25.3 Å². The highest BCUT2D eigenvalue weighted by molar-refractivity contribution is 7.98. The van der Waals surface area contributed by atoms with Gasteiger partial charge in [0.05, 0.1) is 12.2 Å². The van der Waals surface area contributed by atoms with Crippen LogP contribution in [0.25, 0.3) is 0 Å². The summed E-state index contributed by atoms with van der Waals surface area (Å²) < 4.78 is 6.16. The van der Waals surface area contributed by atoms with E-state index >= 15 is 0 Å². The summed E-state index contributed by atoms with van der Waals surface area (Å²) >= 11 is 1.60. The number of amides is 1. The Balaban J connectivity index is 1.78. The maximum absolute atomic E-state index is 12.4. The van der Waals surface area contributed by atoms with E-state index < -0.39 is 0 Å². The average Bonchev–Trinajstić information content (AvgIpc) is 2.82. The fourth-order valence-electron chi connectivity index (χ4n) is 3.81. The molecule has 1 N–H and O–H groups in total. The standard InChI is InChI=1S/C28H41NO2S/c1-4-6-8-14-23-18-19-26(24(22-23)15-9-7-5-2)31-21-13-12-20-29-28(30)25-16-10-11-17-27(25)32-3/h10-11,16-19,22H,4-9,12-15,20-21H2,1-3H3,(H,29,30). The molecule has 0 aromatic heterocycles. The lowest BCUT2D eigenvalue weighted by atomic mass is 10.00. The van der Waals surface area contributed by atoms with Crippen LogP contribution in [0.3, 0.4) is 0 Å². The Bertz CT molecular complexity index is 806. The van der Waals surface area contributed by atoms with E-state index in [1.807, 2.05) is 30.5 Å². The number of carbonyl (C=O) groups is 1. The van der Waals surface area contributed by atoms with Gasteiger partial charge in [-0.2, -0.15) is 0 Å². The lowest BCUT2D eigenvalue weighted by Gasteiger charge is -2.14. The van der Waals surface area contributed by atoms with Crippen molar-refractivity contribution in [3.8, 4) is 5.75 Å². The van der Waals surface area contributed by atoms with Crippen LogP contribution in [0.15, 0.2) is 47.4 Å². The van der Waals surface area contributed by atoms with Gasteiger partial charge in [0.25, 0.3) is 5.91 Å². The molecule has 0 unspecified atom stereocenters. The second-order valence-corrected chi connectivity index (χ2v) is 9.22. The Morgan fingerprint density at radius 1 is 0.906 bits per heavy atom. The normalized spacial score (nSPS) is 10.8. The first-order valence-electron chi connectivity index (χ1n) is 12.3. The summed E-state index contributed by atoms with van der Waals surface area (Å²) in [5, 5.41) is 3.04. The van der Waals surface area contributed by atoms with Gasteiger partial charge in [0.15, 0.2) is 0 Å². The second-order valence-electron chi connectivity index (χ2n) is 8.37. The van der Waals surface area contributed by atoms with Crippen LogP contribution in [0.2, 0.25) is 0 Å². The van der Waals surface area contributed by atoms with Crippen LogP contribution < -0.4 is 10.1 Å². The highest BCUT2D eigenvalue weighted by atomic mass is 32.2. The first-order valence-corrected chi connectivity index (χ1v) is 13.6. The molecule has 0 spiro atoms. The van der Waals surface area contributed by atoms with Crippen LogP contribution in [0.5, 0.6) is 5.75 Å². The number of hydrogen-bond donors (Lipinski definition) is 1. The quantitative estimate of drug-likeness (QED) is 0.211. The zero-order valence-corrected chi connectivity index (χ0v) is 21.1. The van der Waals surface area contributed by atoms with Crippen LogP contribution in [0.1, 0.15) is 86.7 Å². The Hall–Kier alpha value is -1.94. The molecule has 0 saturated carbocycles. The largest absolute Gasteiger partial charge is 0.493 e. The summed E-state index contributed by atoms with van der Waals surface area (Å²) in [6.45, 7) is 5.86. The summed E-state index contributed by atoms with van der Waals surface area (Å²) in [6.07, 6.45) is 13.6. The molecular formula is C28H41NO2S. The molecule has 0 radical (unpaired) electrons. The van der Waals surface area contributed by atoms with Crippen molar-refractivity contribution in [2.45, 2.75) is 83.0 Å². The van der Waals surface area contributed by atoms with E-state index in [4.69, 9.17) is 4.74 Å². The predicted molar refractivity (Wildman–Crippen MR) is 138 cm³/mol. The second kappa shape index (κ2) is 15.8. The number of nitrogens with one attached hydrogen (secondary N) is 1. The topological polar surface area (TPSA) is 38.3 Å². The number of benzene rings is 2. The van der Waals surface area contributed by atoms with Gasteiger partial charge in [0, 0.05) is 11.4 Å². The van der Waals surface area contributed by atoms with E-state index in [9.17, 15) is 4.79 Å². The number of carbonyl (C=O) groups excluding carboxylic acids is 1. The molecule has 0 bridgehead atoms. The van der Waals surface area contributed by atoms with E-state index in [2.05, 4.69) is 37.4 Å². The molecular weight excluding hydrogens is 414 g/mol. The van der Waals surface area contributed by atoms with Crippen LogP contribution >= 0.6 is 11.8 Å². The van der Waals surface area contributed by atoms with Crippen molar-refractivity contribution in [2.24, 2.45) is 0 Å². The monoisotopic (exact) mass is 455 g/mol. The Morgan fingerprint density at radius 2 is 1.66 bits per heavy atom. The molecule has 0 aliphatic carbocycles. The summed E-state index contributed by atoms with van der Waals surface area (Å²) in [5.74, 6) is 1.05. The van der Waals surface area contributed by atoms with Gasteiger partial charge in [-0.1, -0.05) is 63.8 Å². The fraction of sp³-hybridized carbons (Fsp3) is 0.536. The van der Waals surface area contributed by atoms with E-state index in [0.29, 0.717) is 13.2 Å². The number of aryl methyl sites for hydroxylation is 2. The lowest BCUT2D eigenvalue weighted by Crippen LogP contribution is -2.25. The van der Waals surface area contributed by atoms with Crippen molar-refractivity contribution in [3.05, 3.63) is 59.2 Å². The molecule has 2 aromatic carbocycles. The highest BCUT2D eigenvalue weighted by Gasteiger charge is 2.10. The third-order valence-corrected chi connectivity index (χ3v) is 6.51. The Kier molecular flexibility index (Phi) is 13.0. The van der Waals surface area contributed by atoms with Crippen molar-refractivity contribution in [3.63, 3.8) is 0 Å². The van der Waals surface area contributed by atoms with E-state index in [0.717, 1.165) is 41.9 Å². The Labute approximate surface area is 199 Å². The van der Waals surface area contributed by atoms with Gasteiger partial charge in [0.1, 0.15) is 5.75 Å². The van der Waals surface area contributed by atoms with Crippen LogP contribution in [0, 0.1) is 0 Å². The SMILES string of the molecule is CCCCCc1ccc(OCCCCNC(=O)c2ccccc2SC)c(CCCCC)c1. The number of unbranched alkanes of at least 4 members (excludes halogenated alkanes) is 5. The molecule has 176 valence electrons. The van der Waals surface area contributed by atoms with Gasteiger partial charge in [-0.25, -0.2) is 0 Å². The maximum Gasteiger partial charge on any atom is 0.252 e. The van der Waals surface area contributed by atoms with Crippen LogP contribution in [-0.2, 0) is 12.8 Å². The molecule has 4 heteroatoms. The first kappa shape index (κ1) is 26.3. The zero-order valence-electron chi connectivity index (χ0n) is 20.3. The van der Waals surface area contributed by atoms with Gasteiger partial charge in [0.2, 0.25) is 0 Å².